The number of fused-ring (bicyclic) bond motifs is 1. The summed E-state index contributed by atoms with van der Waals surface area (Å²) in [5.74, 6) is -1.63. The summed E-state index contributed by atoms with van der Waals surface area (Å²) in [6, 6.07) is 7.80. The van der Waals surface area contributed by atoms with E-state index in [2.05, 4.69) is 5.10 Å². The molecule has 1 saturated heterocycles. The maximum absolute atomic E-state index is 11.9. The molecule has 3 rings (SSSR count). The lowest BCUT2D eigenvalue weighted by Crippen LogP contribution is -2.26. The Morgan fingerprint density at radius 1 is 1.45 bits per heavy atom. The zero-order valence-corrected chi connectivity index (χ0v) is 11.1. The van der Waals surface area contributed by atoms with Gasteiger partial charge in [-0.25, -0.2) is 0 Å². The average molecular weight is 273 g/mol. The van der Waals surface area contributed by atoms with Gasteiger partial charge in [-0.1, -0.05) is 18.2 Å². The van der Waals surface area contributed by atoms with Crippen LogP contribution in [0.1, 0.15) is 12.1 Å². The summed E-state index contributed by atoms with van der Waals surface area (Å²) in [5.41, 5.74) is 1.81. The molecule has 104 valence electrons. The Morgan fingerprint density at radius 2 is 2.20 bits per heavy atom. The van der Waals surface area contributed by atoms with Crippen molar-refractivity contribution in [1.82, 2.24) is 14.7 Å². The molecule has 0 spiro atoms. The van der Waals surface area contributed by atoms with Crippen molar-refractivity contribution in [2.24, 2.45) is 13.0 Å². The van der Waals surface area contributed by atoms with Gasteiger partial charge in [-0.15, -0.1) is 0 Å². The smallest absolute Gasteiger partial charge is 0.308 e. The highest BCUT2D eigenvalue weighted by atomic mass is 16.4. The van der Waals surface area contributed by atoms with Gasteiger partial charge in [0.1, 0.15) is 0 Å². The third-order valence-corrected chi connectivity index (χ3v) is 3.74. The molecule has 2 heterocycles. The summed E-state index contributed by atoms with van der Waals surface area (Å²) in [6.45, 7) is 0.628. The van der Waals surface area contributed by atoms with E-state index in [-0.39, 0.29) is 18.9 Å². The number of para-hydroxylation sites is 1. The largest absolute Gasteiger partial charge is 0.481 e. The normalized spacial score (nSPS) is 18.9. The molecule has 1 fully saturated rings. The van der Waals surface area contributed by atoms with Crippen LogP contribution >= 0.6 is 0 Å². The molecule has 1 amide bonds. The van der Waals surface area contributed by atoms with E-state index < -0.39 is 11.9 Å². The number of carbonyl (C=O) groups excluding carboxylic acids is 1. The zero-order chi connectivity index (χ0) is 14.3. The molecule has 0 aliphatic carbocycles. The fourth-order valence-electron chi connectivity index (χ4n) is 2.68. The molecule has 1 aliphatic rings. The predicted molar refractivity (Wildman–Crippen MR) is 71.9 cm³/mol. The van der Waals surface area contributed by atoms with Gasteiger partial charge in [0.2, 0.25) is 5.91 Å². The van der Waals surface area contributed by atoms with E-state index in [4.69, 9.17) is 5.11 Å². The van der Waals surface area contributed by atoms with Crippen molar-refractivity contribution in [3.8, 4) is 0 Å². The number of benzene rings is 1. The average Bonchev–Trinajstić information content (AvgIpc) is 2.93. The standard InChI is InChI=1S/C14H15N3O3/c1-16-12-5-3-2-4-10(12)11(15-16)8-17-7-9(14(19)20)6-13(17)18/h2-5,9H,6-8H2,1H3,(H,19,20). The van der Waals surface area contributed by atoms with Crippen molar-refractivity contribution in [3.63, 3.8) is 0 Å². The Bertz CT molecular complexity index is 692. The Labute approximate surface area is 115 Å². The number of hydrogen-bond acceptors (Lipinski definition) is 3. The second-order valence-corrected chi connectivity index (χ2v) is 5.10. The summed E-state index contributed by atoms with van der Waals surface area (Å²) >= 11 is 0. The number of aromatic nitrogens is 2. The van der Waals surface area contributed by atoms with Gasteiger partial charge in [-0.2, -0.15) is 5.10 Å². The number of carboxylic acids is 1. The van der Waals surface area contributed by atoms with Crippen molar-refractivity contribution in [2.45, 2.75) is 13.0 Å². The quantitative estimate of drug-likeness (QED) is 0.905. The lowest BCUT2D eigenvalue weighted by Gasteiger charge is -2.14. The number of likely N-dealkylation sites (tertiary alicyclic amines) is 1. The summed E-state index contributed by atoms with van der Waals surface area (Å²) in [5, 5.41) is 14.4. The number of aliphatic carboxylic acids is 1. The molecule has 1 aliphatic heterocycles. The minimum absolute atomic E-state index is 0.0834. The molecule has 1 N–H and O–H groups in total. The first kappa shape index (κ1) is 12.7. The molecule has 6 heteroatoms. The molecule has 0 saturated carbocycles. The van der Waals surface area contributed by atoms with Crippen molar-refractivity contribution in [2.75, 3.05) is 6.54 Å². The molecule has 20 heavy (non-hydrogen) atoms. The van der Waals surface area contributed by atoms with Crippen LogP contribution in [-0.4, -0.2) is 38.2 Å². The third kappa shape index (κ3) is 2.03. The maximum atomic E-state index is 11.9. The van der Waals surface area contributed by atoms with E-state index in [1.807, 2.05) is 31.3 Å². The van der Waals surface area contributed by atoms with Gasteiger partial charge in [-0.05, 0) is 6.07 Å². The minimum Gasteiger partial charge on any atom is -0.481 e. The third-order valence-electron chi connectivity index (χ3n) is 3.74. The van der Waals surface area contributed by atoms with Crippen LogP contribution in [0.4, 0.5) is 0 Å². The first-order valence-electron chi connectivity index (χ1n) is 6.47. The van der Waals surface area contributed by atoms with Gasteiger partial charge in [0.25, 0.3) is 0 Å². The second kappa shape index (κ2) is 4.63. The van der Waals surface area contributed by atoms with Gasteiger partial charge >= 0.3 is 5.97 Å². The summed E-state index contributed by atoms with van der Waals surface area (Å²) in [4.78, 5) is 24.4. The Balaban J connectivity index is 1.87. The molecular weight excluding hydrogens is 258 g/mol. The Kier molecular flexibility index (Phi) is 2.93. The molecular formula is C14H15N3O3. The molecule has 1 atom stereocenters. The monoisotopic (exact) mass is 273 g/mol. The number of hydrogen-bond donors (Lipinski definition) is 1. The Morgan fingerprint density at radius 3 is 2.90 bits per heavy atom. The fraction of sp³-hybridized carbons (Fsp3) is 0.357. The summed E-state index contributed by atoms with van der Waals surface area (Å²) in [7, 11) is 1.86. The molecule has 1 aromatic heterocycles. The van der Waals surface area contributed by atoms with E-state index in [1.165, 1.54) is 0 Å². The number of amides is 1. The number of aryl methyl sites for hydroxylation is 1. The van der Waals surface area contributed by atoms with Crippen LogP contribution in [0.25, 0.3) is 10.9 Å². The lowest BCUT2D eigenvalue weighted by molar-refractivity contribution is -0.141. The van der Waals surface area contributed by atoms with E-state index in [1.54, 1.807) is 9.58 Å². The highest BCUT2D eigenvalue weighted by Crippen LogP contribution is 2.23. The topological polar surface area (TPSA) is 75.4 Å². The highest BCUT2D eigenvalue weighted by Gasteiger charge is 2.34. The molecule has 2 aromatic rings. The van der Waals surface area contributed by atoms with Crippen LogP contribution in [0.2, 0.25) is 0 Å². The van der Waals surface area contributed by atoms with Crippen LogP contribution < -0.4 is 0 Å². The van der Waals surface area contributed by atoms with Crippen molar-refractivity contribution < 1.29 is 14.7 Å². The van der Waals surface area contributed by atoms with Crippen LogP contribution in [-0.2, 0) is 23.2 Å². The van der Waals surface area contributed by atoms with E-state index in [0.29, 0.717) is 6.54 Å². The van der Waals surface area contributed by atoms with Crippen molar-refractivity contribution in [3.05, 3.63) is 30.0 Å². The highest BCUT2D eigenvalue weighted by molar-refractivity contribution is 5.87. The first-order valence-corrected chi connectivity index (χ1v) is 6.47. The van der Waals surface area contributed by atoms with Gasteiger partial charge in [0.15, 0.2) is 0 Å². The molecule has 6 nitrogen and oxygen atoms in total. The van der Waals surface area contributed by atoms with E-state index >= 15 is 0 Å². The molecule has 1 unspecified atom stereocenters. The number of carbonyl (C=O) groups is 2. The number of nitrogens with zero attached hydrogens (tertiary/aromatic N) is 3. The van der Waals surface area contributed by atoms with Gasteiger partial charge in [-0.3, -0.25) is 14.3 Å². The minimum atomic E-state index is -0.910. The zero-order valence-electron chi connectivity index (χ0n) is 11.1. The van der Waals surface area contributed by atoms with Crippen molar-refractivity contribution in [1.29, 1.82) is 0 Å². The van der Waals surface area contributed by atoms with Crippen LogP contribution in [0, 0.1) is 5.92 Å². The van der Waals surface area contributed by atoms with Crippen LogP contribution in [0.5, 0.6) is 0 Å². The maximum Gasteiger partial charge on any atom is 0.308 e. The second-order valence-electron chi connectivity index (χ2n) is 5.10. The van der Waals surface area contributed by atoms with E-state index in [0.717, 1.165) is 16.6 Å². The Hall–Kier alpha value is -2.37. The van der Waals surface area contributed by atoms with Gasteiger partial charge in [0.05, 0.1) is 23.7 Å². The summed E-state index contributed by atoms with van der Waals surface area (Å²) in [6.07, 6.45) is 0.0834. The van der Waals surface area contributed by atoms with Gasteiger partial charge < -0.3 is 10.0 Å². The lowest BCUT2D eigenvalue weighted by atomic mass is 10.1. The number of carboxylic acid groups (broad SMARTS) is 1. The first-order chi connectivity index (χ1) is 9.56. The summed E-state index contributed by atoms with van der Waals surface area (Å²) < 4.78 is 1.78. The molecule has 0 radical (unpaired) electrons. The predicted octanol–water partition coefficient (Wildman–Crippen LogP) is 1.01. The van der Waals surface area contributed by atoms with Gasteiger partial charge in [0, 0.05) is 25.4 Å². The molecule has 1 aromatic carbocycles. The van der Waals surface area contributed by atoms with E-state index in [9.17, 15) is 9.59 Å². The van der Waals surface area contributed by atoms with Crippen molar-refractivity contribution >= 4 is 22.8 Å². The van der Waals surface area contributed by atoms with Crippen LogP contribution in [0.3, 0.4) is 0 Å². The SMILES string of the molecule is Cn1nc(CN2CC(C(=O)O)CC2=O)c2ccccc21. The van der Waals surface area contributed by atoms with Crippen LogP contribution in [0.15, 0.2) is 24.3 Å². The fourth-order valence-corrected chi connectivity index (χ4v) is 2.68. The molecule has 0 bridgehead atoms. The number of rotatable bonds is 3.